The van der Waals surface area contributed by atoms with Crippen molar-refractivity contribution in [2.75, 3.05) is 0 Å². The van der Waals surface area contributed by atoms with Crippen molar-refractivity contribution in [2.24, 2.45) is 0 Å². The molecule has 0 aliphatic rings. The molecule has 18 heavy (non-hydrogen) atoms. The van der Waals surface area contributed by atoms with Crippen molar-refractivity contribution in [2.45, 2.75) is 0 Å². The van der Waals surface area contributed by atoms with Crippen LogP contribution in [0.3, 0.4) is 0 Å². The van der Waals surface area contributed by atoms with Crippen LogP contribution in [0.15, 0.2) is 53.3 Å². The third kappa shape index (κ3) is 1.16. The molecule has 86 valence electrons. The highest BCUT2D eigenvalue weighted by molar-refractivity contribution is 6.16. The summed E-state index contributed by atoms with van der Waals surface area (Å²) in [7, 11) is 0. The molecule has 0 unspecified atom stereocenters. The van der Waals surface area contributed by atoms with Gasteiger partial charge >= 0.3 is 0 Å². The lowest BCUT2D eigenvalue weighted by molar-refractivity contribution is 1.31. The second-order valence-electron chi connectivity index (χ2n) is 4.44. The molecule has 2 aromatic carbocycles. The predicted octanol–water partition coefficient (Wildman–Crippen LogP) is 3.16. The van der Waals surface area contributed by atoms with Crippen LogP contribution in [0.2, 0.25) is 0 Å². The Morgan fingerprint density at radius 1 is 0.667 bits per heavy atom. The van der Waals surface area contributed by atoms with Gasteiger partial charge in [-0.25, -0.2) is 0 Å². The highest BCUT2D eigenvalue weighted by Gasteiger charge is 2.06. The molecule has 4 rings (SSSR count). The number of benzene rings is 2. The second kappa shape index (κ2) is 3.23. The zero-order chi connectivity index (χ0) is 12.1. The van der Waals surface area contributed by atoms with Crippen molar-refractivity contribution in [3.05, 3.63) is 58.9 Å². The monoisotopic (exact) mass is 234 g/mol. The Balaban J connectivity index is 2.32. The maximum atomic E-state index is 11.3. The van der Waals surface area contributed by atoms with E-state index in [0.717, 1.165) is 21.9 Å². The number of hydrogen-bond acceptors (Lipinski definition) is 1. The summed E-state index contributed by atoms with van der Waals surface area (Å²) in [6, 6.07) is 15.7. The van der Waals surface area contributed by atoms with Crippen LogP contribution in [0.25, 0.3) is 32.7 Å². The molecule has 3 heteroatoms. The number of pyridine rings is 1. The fraction of sp³-hybridized carbons (Fsp3) is 0. The van der Waals surface area contributed by atoms with E-state index in [1.54, 1.807) is 6.07 Å². The van der Waals surface area contributed by atoms with Gasteiger partial charge in [-0.1, -0.05) is 24.3 Å². The standard InChI is InChI=1S/C15H10N2O/c18-14-8-6-11-13(16-14)7-5-10-9-3-1-2-4-12(9)17-15(10)11/h1-8,17H,(H,16,18). The van der Waals surface area contributed by atoms with E-state index >= 15 is 0 Å². The minimum Gasteiger partial charge on any atom is -0.354 e. The Morgan fingerprint density at radius 2 is 1.44 bits per heavy atom. The molecule has 0 spiro atoms. The summed E-state index contributed by atoms with van der Waals surface area (Å²) >= 11 is 0. The van der Waals surface area contributed by atoms with E-state index < -0.39 is 0 Å². The number of aromatic nitrogens is 2. The maximum Gasteiger partial charge on any atom is 0.248 e. The Labute approximate surface area is 102 Å². The second-order valence-corrected chi connectivity index (χ2v) is 4.44. The molecule has 0 saturated heterocycles. The van der Waals surface area contributed by atoms with Gasteiger partial charge in [0.25, 0.3) is 0 Å². The van der Waals surface area contributed by atoms with Gasteiger partial charge in [0.05, 0.1) is 11.0 Å². The number of para-hydroxylation sites is 1. The zero-order valence-electron chi connectivity index (χ0n) is 9.53. The molecule has 2 heterocycles. The third-order valence-electron chi connectivity index (χ3n) is 3.38. The van der Waals surface area contributed by atoms with Crippen LogP contribution in [0, 0.1) is 0 Å². The van der Waals surface area contributed by atoms with Gasteiger partial charge in [-0.2, -0.15) is 0 Å². The number of aromatic amines is 2. The third-order valence-corrected chi connectivity index (χ3v) is 3.38. The first-order valence-electron chi connectivity index (χ1n) is 5.85. The van der Waals surface area contributed by atoms with Crippen LogP contribution in [0.1, 0.15) is 0 Å². The molecular formula is C15H10N2O. The molecule has 2 N–H and O–H groups in total. The summed E-state index contributed by atoms with van der Waals surface area (Å²) in [5, 5.41) is 3.44. The first-order valence-corrected chi connectivity index (χ1v) is 5.85. The Bertz CT molecular complexity index is 947. The quantitative estimate of drug-likeness (QED) is 0.482. The number of H-pyrrole nitrogens is 2. The highest BCUT2D eigenvalue weighted by atomic mass is 16.1. The van der Waals surface area contributed by atoms with Crippen molar-refractivity contribution < 1.29 is 0 Å². The van der Waals surface area contributed by atoms with Gasteiger partial charge in [0.15, 0.2) is 0 Å². The lowest BCUT2D eigenvalue weighted by Gasteiger charge is -1.98. The van der Waals surface area contributed by atoms with Crippen LogP contribution in [0.5, 0.6) is 0 Å². The van der Waals surface area contributed by atoms with Gasteiger partial charge in [-0.05, 0) is 18.2 Å². The topological polar surface area (TPSA) is 48.6 Å². The van der Waals surface area contributed by atoms with Crippen LogP contribution in [-0.4, -0.2) is 9.97 Å². The first kappa shape index (κ1) is 9.48. The van der Waals surface area contributed by atoms with Crippen molar-refractivity contribution in [1.82, 2.24) is 9.97 Å². The Morgan fingerprint density at radius 3 is 2.39 bits per heavy atom. The van der Waals surface area contributed by atoms with E-state index in [-0.39, 0.29) is 5.56 Å². The molecule has 0 bridgehead atoms. The summed E-state index contributed by atoms with van der Waals surface area (Å²) < 4.78 is 0. The normalized spacial score (nSPS) is 11.6. The average Bonchev–Trinajstić information content (AvgIpc) is 2.77. The van der Waals surface area contributed by atoms with E-state index in [1.807, 2.05) is 30.3 Å². The smallest absolute Gasteiger partial charge is 0.248 e. The van der Waals surface area contributed by atoms with E-state index in [2.05, 4.69) is 22.1 Å². The van der Waals surface area contributed by atoms with Crippen LogP contribution >= 0.6 is 0 Å². The van der Waals surface area contributed by atoms with E-state index in [9.17, 15) is 4.79 Å². The van der Waals surface area contributed by atoms with Crippen LogP contribution < -0.4 is 5.56 Å². The molecule has 0 aliphatic heterocycles. The number of fused-ring (bicyclic) bond motifs is 5. The molecule has 0 aliphatic carbocycles. The van der Waals surface area contributed by atoms with E-state index in [0.29, 0.717) is 0 Å². The van der Waals surface area contributed by atoms with Gasteiger partial charge in [-0.3, -0.25) is 4.79 Å². The number of hydrogen-bond donors (Lipinski definition) is 2. The minimum atomic E-state index is -0.0713. The first-order chi connectivity index (χ1) is 8.83. The average molecular weight is 234 g/mol. The van der Waals surface area contributed by atoms with Gasteiger partial charge in [0.1, 0.15) is 0 Å². The highest BCUT2D eigenvalue weighted by Crippen LogP contribution is 2.29. The largest absolute Gasteiger partial charge is 0.354 e. The van der Waals surface area contributed by atoms with Crippen molar-refractivity contribution in [3.63, 3.8) is 0 Å². The molecule has 0 atom stereocenters. The molecular weight excluding hydrogens is 224 g/mol. The van der Waals surface area contributed by atoms with Crippen molar-refractivity contribution in [3.8, 4) is 0 Å². The minimum absolute atomic E-state index is 0.0713. The lowest BCUT2D eigenvalue weighted by Crippen LogP contribution is -2.02. The van der Waals surface area contributed by atoms with Crippen LogP contribution in [-0.2, 0) is 0 Å². The Kier molecular flexibility index (Phi) is 1.70. The van der Waals surface area contributed by atoms with Crippen molar-refractivity contribution >= 4 is 32.7 Å². The summed E-state index contributed by atoms with van der Waals surface area (Å²) in [6.07, 6.45) is 0. The van der Waals surface area contributed by atoms with Gasteiger partial charge < -0.3 is 9.97 Å². The molecule has 0 saturated carbocycles. The van der Waals surface area contributed by atoms with Gasteiger partial charge in [0, 0.05) is 27.7 Å². The molecule has 0 fully saturated rings. The maximum absolute atomic E-state index is 11.3. The summed E-state index contributed by atoms with van der Waals surface area (Å²) in [5.74, 6) is 0. The summed E-state index contributed by atoms with van der Waals surface area (Å²) in [5.41, 5.74) is 2.98. The fourth-order valence-corrected chi connectivity index (χ4v) is 2.56. The van der Waals surface area contributed by atoms with Gasteiger partial charge in [0.2, 0.25) is 5.56 Å². The number of nitrogens with one attached hydrogen (secondary N) is 2. The molecule has 0 amide bonds. The molecule has 3 nitrogen and oxygen atoms in total. The van der Waals surface area contributed by atoms with Crippen molar-refractivity contribution in [1.29, 1.82) is 0 Å². The fourth-order valence-electron chi connectivity index (χ4n) is 2.56. The van der Waals surface area contributed by atoms with Crippen LogP contribution in [0.4, 0.5) is 0 Å². The van der Waals surface area contributed by atoms with Gasteiger partial charge in [-0.15, -0.1) is 0 Å². The van der Waals surface area contributed by atoms with E-state index in [1.165, 1.54) is 10.8 Å². The summed E-state index contributed by atoms with van der Waals surface area (Å²) in [4.78, 5) is 17.6. The number of rotatable bonds is 0. The Hall–Kier alpha value is -2.55. The predicted molar refractivity (Wildman–Crippen MR) is 73.9 cm³/mol. The van der Waals surface area contributed by atoms with E-state index in [4.69, 9.17) is 0 Å². The molecule has 4 aromatic rings. The molecule has 0 radical (unpaired) electrons. The SMILES string of the molecule is O=c1ccc2c(ccc3c4ccccc4[nH]c23)[nH]1. The lowest BCUT2D eigenvalue weighted by atomic mass is 10.1. The summed E-state index contributed by atoms with van der Waals surface area (Å²) in [6.45, 7) is 0. The zero-order valence-corrected chi connectivity index (χ0v) is 9.53. The molecule has 2 aromatic heterocycles.